The van der Waals surface area contributed by atoms with Crippen molar-refractivity contribution in [1.29, 1.82) is 0 Å². The highest BCUT2D eigenvalue weighted by Crippen LogP contribution is 2.25. The second-order valence-corrected chi connectivity index (χ2v) is 4.62. The Bertz CT molecular complexity index is 785. The fourth-order valence-corrected chi connectivity index (χ4v) is 1.93. The second-order valence-electron chi connectivity index (χ2n) is 4.22. The molecule has 1 aromatic carbocycles. The van der Waals surface area contributed by atoms with E-state index in [1.807, 2.05) is 0 Å². The minimum absolute atomic E-state index is 0.111. The van der Waals surface area contributed by atoms with Crippen LogP contribution in [0.3, 0.4) is 0 Å². The van der Waals surface area contributed by atoms with Crippen molar-refractivity contribution in [2.45, 2.75) is 0 Å². The van der Waals surface area contributed by atoms with Gasteiger partial charge < -0.3 is 9.88 Å². The zero-order chi connectivity index (χ0) is 15.6. The van der Waals surface area contributed by atoms with Crippen LogP contribution in [0.2, 0.25) is 5.02 Å². The zero-order valence-electron chi connectivity index (χ0n) is 10.9. The number of aromatic nitrogens is 1. The van der Waals surface area contributed by atoms with E-state index in [9.17, 15) is 19.7 Å². The maximum absolute atomic E-state index is 12.0. The number of carbonyl (C=O) groups excluding carboxylic acids is 1. The molecule has 108 valence electrons. The largest absolute Gasteiger partial charge is 0.317 e. The van der Waals surface area contributed by atoms with Crippen molar-refractivity contribution in [2.75, 3.05) is 5.32 Å². The van der Waals surface area contributed by atoms with Crippen LogP contribution in [-0.4, -0.2) is 15.4 Å². The average molecular weight is 308 g/mol. The minimum Gasteiger partial charge on any atom is -0.317 e. The van der Waals surface area contributed by atoms with Gasteiger partial charge in [0.1, 0.15) is 10.7 Å². The first-order chi connectivity index (χ1) is 9.90. The number of nitrogens with zero attached hydrogens (tertiary/aromatic N) is 2. The molecule has 8 heteroatoms. The molecule has 0 atom stereocenters. The standard InChI is InChI=1S/C13H10ClN3O4/c1-16-6-2-3-10(13(16)19)15-12(18)8-4-5-11(17(20)21)9(14)7-8/h2-7H,1H3,(H,15,18). The van der Waals surface area contributed by atoms with Crippen molar-refractivity contribution >= 4 is 28.9 Å². The van der Waals surface area contributed by atoms with Gasteiger partial charge in [-0.3, -0.25) is 19.7 Å². The van der Waals surface area contributed by atoms with Gasteiger partial charge in [0.25, 0.3) is 17.2 Å². The van der Waals surface area contributed by atoms with Gasteiger partial charge >= 0.3 is 0 Å². The molecule has 21 heavy (non-hydrogen) atoms. The Morgan fingerprint density at radius 1 is 1.38 bits per heavy atom. The Morgan fingerprint density at radius 2 is 2.10 bits per heavy atom. The normalized spacial score (nSPS) is 10.2. The number of anilines is 1. The summed E-state index contributed by atoms with van der Waals surface area (Å²) in [5.41, 5.74) is -0.418. The van der Waals surface area contributed by atoms with E-state index in [0.29, 0.717) is 0 Å². The Hall–Kier alpha value is -2.67. The lowest BCUT2D eigenvalue weighted by molar-refractivity contribution is -0.384. The quantitative estimate of drug-likeness (QED) is 0.694. The van der Waals surface area contributed by atoms with E-state index in [1.54, 1.807) is 19.3 Å². The van der Waals surface area contributed by atoms with E-state index in [4.69, 9.17) is 11.6 Å². The molecule has 1 amide bonds. The third-order valence-corrected chi connectivity index (χ3v) is 3.08. The van der Waals surface area contributed by atoms with Crippen LogP contribution in [0.25, 0.3) is 0 Å². The molecule has 0 aliphatic carbocycles. The number of hydrogen-bond donors (Lipinski definition) is 1. The number of halogens is 1. The van der Waals surface area contributed by atoms with Crippen molar-refractivity contribution in [3.05, 3.63) is 67.6 Å². The highest BCUT2D eigenvalue weighted by Gasteiger charge is 2.16. The minimum atomic E-state index is -0.642. The summed E-state index contributed by atoms with van der Waals surface area (Å²) >= 11 is 5.74. The number of hydrogen-bond acceptors (Lipinski definition) is 4. The van der Waals surface area contributed by atoms with Crippen LogP contribution < -0.4 is 10.9 Å². The Kier molecular flexibility index (Phi) is 4.04. The smallest absolute Gasteiger partial charge is 0.287 e. The van der Waals surface area contributed by atoms with Gasteiger partial charge in [-0.1, -0.05) is 11.6 Å². The molecule has 0 spiro atoms. The summed E-state index contributed by atoms with van der Waals surface area (Å²) in [4.78, 5) is 33.8. The Labute approximate surface area is 123 Å². The summed E-state index contributed by atoms with van der Waals surface area (Å²) in [6.07, 6.45) is 1.56. The molecular weight excluding hydrogens is 298 g/mol. The van der Waals surface area contributed by atoms with Crippen LogP contribution in [0.5, 0.6) is 0 Å². The molecule has 1 aromatic heterocycles. The molecule has 7 nitrogen and oxygen atoms in total. The second kappa shape index (κ2) is 5.76. The summed E-state index contributed by atoms with van der Waals surface area (Å²) in [5.74, 6) is -0.574. The van der Waals surface area contributed by atoms with E-state index in [-0.39, 0.29) is 27.5 Å². The van der Waals surface area contributed by atoms with Crippen molar-refractivity contribution in [2.24, 2.45) is 7.05 Å². The van der Waals surface area contributed by atoms with E-state index in [1.165, 1.54) is 22.8 Å². The van der Waals surface area contributed by atoms with Gasteiger partial charge in [0.2, 0.25) is 0 Å². The molecule has 0 bridgehead atoms. The molecule has 2 rings (SSSR count). The molecule has 1 N–H and O–H groups in total. The lowest BCUT2D eigenvalue weighted by Gasteiger charge is -2.06. The number of carbonyl (C=O) groups is 1. The third kappa shape index (κ3) is 3.09. The number of aryl methyl sites for hydroxylation is 1. The molecule has 0 saturated carbocycles. The van der Waals surface area contributed by atoms with Gasteiger partial charge in [0, 0.05) is 24.9 Å². The summed E-state index contributed by atoms with van der Waals surface area (Å²) < 4.78 is 1.32. The molecule has 0 aliphatic rings. The van der Waals surface area contributed by atoms with Gasteiger partial charge in [-0.15, -0.1) is 0 Å². The van der Waals surface area contributed by atoms with Crippen LogP contribution in [-0.2, 0) is 7.05 Å². The number of nitro groups is 1. The van der Waals surface area contributed by atoms with Crippen LogP contribution in [0, 0.1) is 10.1 Å². The third-order valence-electron chi connectivity index (χ3n) is 2.78. The van der Waals surface area contributed by atoms with Crippen LogP contribution in [0.1, 0.15) is 10.4 Å². The number of rotatable bonds is 3. The fourth-order valence-electron chi connectivity index (χ4n) is 1.68. The van der Waals surface area contributed by atoms with Crippen molar-refractivity contribution in [3.63, 3.8) is 0 Å². The topological polar surface area (TPSA) is 94.2 Å². The van der Waals surface area contributed by atoms with Crippen molar-refractivity contribution < 1.29 is 9.72 Å². The van der Waals surface area contributed by atoms with Gasteiger partial charge in [0.15, 0.2) is 0 Å². The predicted octanol–water partition coefficient (Wildman–Crippen LogP) is 2.20. The lowest BCUT2D eigenvalue weighted by atomic mass is 10.2. The lowest BCUT2D eigenvalue weighted by Crippen LogP contribution is -2.23. The van der Waals surface area contributed by atoms with Gasteiger partial charge in [-0.25, -0.2) is 0 Å². The molecule has 0 radical (unpaired) electrons. The Morgan fingerprint density at radius 3 is 2.71 bits per heavy atom. The van der Waals surface area contributed by atoms with Crippen LogP contribution in [0.15, 0.2) is 41.3 Å². The highest BCUT2D eigenvalue weighted by molar-refractivity contribution is 6.33. The summed E-state index contributed by atoms with van der Waals surface area (Å²) in [6, 6.07) is 6.67. The van der Waals surface area contributed by atoms with Crippen LogP contribution in [0.4, 0.5) is 11.4 Å². The number of amides is 1. The van der Waals surface area contributed by atoms with E-state index < -0.39 is 10.8 Å². The first-order valence-corrected chi connectivity index (χ1v) is 6.19. The van der Waals surface area contributed by atoms with Gasteiger partial charge in [-0.2, -0.15) is 0 Å². The van der Waals surface area contributed by atoms with Gasteiger partial charge in [-0.05, 0) is 24.3 Å². The van der Waals surface area contributed by atoms with Crippen molar-refractivity contribution in [3.8, 4) is 0 Å². The first kappa shape index (κ1) is 14.7. The first-order valence-electron chi connectivity index (χ1n) is 5.81. The summed E-state index contributed by atoms with van der Waals surface area (Å²) in [6.45, 7) is 0. The van der Waals surface area contributed by atoms with Gasteiger partial charge in [0.05, 0.1) is 4.92 Å². The zero-order valence-corrected chi connectivity index (χ0v) is 11.6. The number of nitro benzene ring substituents is 1. The average Bonchev–Trinajstić information content (AvgIpc) is 2.43. The van der Waals surface area contributed by atoms with Crippen LogP contribution >= 0.6 is 11.6 Å². The molecule has 0 unspecified atom stereocenters. The number of nitrogens with one attached hydrogen (secondary N) is 1. The molecule has 2 aromatic rings. The number of benzene rings is 1. The SMILES string of the molecule is Cn1cccc(NC(=O)c2ccc([N+](=O)[O-])c(Cl)c2)c1=O. The molecule has 0 saturated heterocycles. The highest BCUT2D eigenvalue weighted by atomic mass is 35.5. The summed E-state index contributed by atoms with van der Waals surface area (Å²) in [7, 11) is 1.56. The number of pyridine rings is 1. The van der Waals surface area contributed by atoms with E-state index in [2.05, 4.69) is 5.32 Å². The maximum atomic E-state index is 12.0. The predicted molar refractivity (Wildman–Crippen MR) is 77.7 cm³/mol. The molecular formula is C13H10ClN3O4. The van der Waals surface area contributed by atoms with E-state index in [0.717, 1.165) is 6.07 Å². The monoisotopic (exact) mass is 307 g/mol. The maximum Gasteiger partial charge on any atom is 0.287 e. The summed E-state index contributed by atoms with van der Waals surface area (Å²) in [5, 5.41) is 13.0. The van der Waals surface area contributed by atoms with Crippen molar-refractivity contribution in [1.82, 2.24) is 4.57 Å². The molecule has 0 fully saturated rings. The molecule has 1 heterocycles. The fraction of sp³-hybridized carbons (Fsp3) is 0.0769. The molecule has 0 aliphatic heterocycles. The Balaban J connectivity index is 2.29. The van der Waals surface area contributed by atoms with E-state index >= 15 is 0 Å².